The minimum Gasteiger partial charge on any atom is -0.494 e. The van der Waals surface area contributed by atoms with Crippen LogP contribution < -0.4 is 10.1 Å². The molecule has 0 atom stereocenters. The molecule has 2 amide bonds. The van der Waals surface area contributed by atoms with Gasteiger partial charge < -0.3 is 15.0 Å². The molecule has 1 aromatic carbocycles. The molecule has 1 aliphatic rings. The molecule has 1 saturated heterocycles. The summed E-state index contributed by atoms with van der Waals surface area (Å²) in [5, 5.41) is 3.65. The molecular formula is C15H15N3O3S. The maximum atomic E-state index is 12.1. The molecule has 0 saturated carbocycles. The van der Waals surface area contributed by atoms with Gasteiger partial charge in [-0.3, -0.25) is 14.6 Å². The minimum atomic E-state index is -0.217. The van der Waals surface area contributed by atoms with Crippen molar-refractivity contribution in [2.75, 3.05) is 30.6 Å². The fourth-order valence-corrected chi connectivity index (χ4v) is 3.23. The van der Waals surface area contributed by atoms with E-state index in [1.54, 1.807) is 36.4 Å². The van der Waals surface area contributed by atoms with Crippen LogP contribution >= 0.6 is 11.8 Å². The lowest BCUT2D eigenvalue weighted by Gasteiger charge is -2.15. The first-order valence-electron chi connectivity index (χ1n) is 6.76. The summed E-state index contributed by atoms with van der Waals surface area (Å²) in [5.74, 6) is 1.45. The Balaban J connectivity index is 1.82. The van der Waals surface area contributed by atoms with Gasteiger partial charge in [0.15, 0.2) is 0 Å². The Hall–Kier alpha value is -2.28. The van der Waals surface area contributed by atoms with Crippen molar-refractivity contribution in [3.05, 3.63) is 30.5 Å². The highest BCUT2D eigenvalue weighted by Gasteiger charge is 2.23. The number of ether oxygens (including phenoxy) is 1. The van der Waals surface area contributed by atoms with Gasteiger partial charge in [-0.25, -0.2) is 0 Å². The van der Waals surface area contributed by atoms with Crippen molar-refractivity contribution in [2.24, 2.45) is 0 Å². The highest BCUT2D eigenvalue weighted by molar-refractivity contribution is 8.00. The van der Waals surface area contributed by atoms with E-state index in [-0.39, 0.29) is 18.4 Å². The molecule has 2 aromatic rings. The normalized spacial score (nSPS) is 14.4. The van der Waals surface area contributed by atoms with Crippen LogP contribution in [-0.4, -0.2) is 47.0 Å². The molecule has 0 spiro atoms. The lowest BCUT2D eigenvalue weighted by Crippen LogP contribution is -2.34. The summed E-state index contributed by atoms with van der Waals surface area (Å²) >= 11 is 1.52. The summed E-state index contributed by atoms with van der Waals surface area (Å²) in [6.07, 6.45) is 1.68. The summed E-state index contributed by atoms with van der Waals surface area (Å²) in [6, 6.07) is 7.22. The number of pyridine rings is 1. The van der Waals surface area contributed by atoms with Gasteiger partial charge in [-0.1, -0.05) is 0 Å². The van der Waals surface area contributed by atoms with Crippen LogP contribution in [0.2, 0.25) is 0 Å². The van der Waals surface area contributed by atoms with Crippen molar-refractivity contribution in [1.82, 2.24) is 9.88 Å². The van der Waals surface area contributed by atoms with Crippen LogP contribution in [0.25, 0.3) is 10.9 Å². The highest BCUT2D eigenvalue weighted by atomic mass is 32.2. The number of benzene rings is 1. The molecule has 7 heteroatoms. The summed E-state index contributed by atoms with van der Waals surface area (Å²) in [5.41, 5.74) is 1.35. The first-order valence-corrected chi connectivity index (χ1v) is 7.91. The average Bonchev–Trinajstić information content (AvgIpc) is 2.93. The number of nitrogens with zero attached hydrogens (tertiary/aromatic N) is 2. The highest BCUT2D eigenvalue weighted by Crippen LogP contribution is 2.29. The van der Waals surface area contributed by atoms with E-state index in [0.29, 0.717) is 28.6 Å². The second-order valence-electron chi connectivity index (χ2n) is 4.83. The van der Waals surface area contributed by atoms with Crippen LogP contribution in [0.5, 0.6) is 5.75 Å². The zero-order valence-corrected chi connectivity index (χ0v) is 12.9. The molecule has 1 aliphatic heterocycles. The first-order chi connectivity index (χ1) is 10.7. The quantitative estimate of drug-likeness (QED) is 0.929. The maximum absolute atomic E-state index is 12.1. The minimum absolute atomic E-state index is 0.00130. The van der Waals surface area contributed by atoms with Crippen molar-refractivity contribution >= 4 is 40.2 Å². The number of fused-ring (bicyclic) bond motifs is 1. The molecular weight excluding hydrogens is 302 g/mol. The number of nitrogens with one attached hydrogen (secondary N) is 1. The lowest BCUT2D eigenvalue weighted by molar-refractivity contribution is -0.130. The van der Waals surface area contributed by atoms with Crippen LogP contribution in [0.15, 0.2) is 30.5 Å². The van der Waals surface area contributed by atoms with Crippen molar-refractivity contribution in [3.8, 4) is 5.75 Å². The molecule has 114 valence electrons. The predicted molar refractivity (Wildman–Crippen MR) is 86.0 cm³/mol. The number of hydrogen-bond donors (Lipinski definition) is 1. The lowest BCUT2D eigenvalue weighted by atomic mass is 10.1. The van der Waals surface area contributed by atoms with Crippen LogP contribution in [0.4, 0.5) is 5.69 Å². The Morgan fingerprint density at radius 3 is 3.05 bits per heavy atom. The Morgan fingerprint density at radius 1 is 1.45 bits per heavy atom. The monoisotopic (exact) mass is 317 g/mol. The fourth-order valence-electron chi connectivity index (χ4n) is 2.32. The van der Waals surface area contributed by atoms with E-state index in [4.69, 9.17) is 4.74 Å². The van der Waals surface area contributed by atoms with Crippen LogP contribution in [-0.2, 0) is 9.59 Å². The predicted octanol–water partition coefficient (Wildman–Crippen LogP) is 1.71. The van der Waals surface area contributed by atoms with Gasteiger partial charge in [0, 0.05) is 11.6 Å². The van der Waals surface area contributed by atoms with Crippen molar-refractivity contribution < 1.29 is 14.3 Å². The average molecular weight is 317 g/mol. The molecule has 0 bridgehead atoms. The zero-order chi connectivity index (χ0) is 15.5. The van der Waals surface area contributed by atoms with E-state index in [0.717, 1.165) is 5.39 Å². The van der Waals surface area contributed by atoms with E-state index < -0.39 is 0 Å². The van der Waals surface area contributed by atoms with E-state index >= 15 is 0 Å². The van der Waals surface area contributed by atoms with Gasteiger partial charge in [0.2, 0.25) is 11.8 Å². The van der Waals surface area contributed by atoms with Crippen LogP contribution in [0, 0.1) is 0 Å². The molecule has 1 aromatic heterocycles. The molecule has 1 fully saturated rings. The SMILES string of the molecule is COc1ccc(NC(=O)CN2CSCC2=O)c2cccnc12. The Morgan fingerprint density at radius 2 is 2.32 bits per heavy atom. The smallest absolute Gasteiger partial charge is 0.244 e. The number of hydrogen-bond acceptors (Lipinski definition) is 5. The Kier molecular flexibility index (Phi) is 4.15. The standard InChI is InChI=1S/C15H15N3O3S/c1-21-12-5-4-11(10-3-2-6-16-15(10)12)17-13(19)7-18-9-22-8-14(18)20/h2-6H,7-9H2,1H3,(H,17,19). The zero-order valence-electron chi connectivity index (χ0n) is 12.0. The number of rotatable bonds is 4. The molecule has 22 heavy (non-hydrogen) atoms. The van der Waals surface area contributed by atoms with Gasteiger partial charge in [-0.05, 0) is 24.3 Å². The van der Waals surface area contributed by atoms with Crippen LogP contribution in [0.1, 0.15) is 0 Å². The van der Waals surface area contributed by atoms with Gasteiger partial charge in [-0.2, -0.15) is 0 Å². The summed E-state index contributed by atoms with van der Waals surface area (Å²) in [7, 11) is 1.58. The van der Waals surface area contributed by atoms with E-state index in [1.807, 2.05) is 6.07 Å². The second-order valence-corrected chi connectivity index (χ2v) is 5.79. The molecule has 0 radical (unpaired) electrons. The van der Waals surface area contributed by atoms with Gasteiger partial charge in [0.1, 0.15) is 17.8 Å². The van der Waals surface area contributed by atoms with Gasteiger partial charge >= 0.3 is 0 Å². The summed E-state index contributed by atoms with van der Waals surface area (Å²) in [6.45, 7) is 0.0691. The summed E-state index contributed by atoms with van der Waals surface area (Å²) in [4.78, 5) is 29.5. The molecule has 2 heterocycles. The van der Waals surface area contributed by atoms with E-state index in [9.17, 15) is 9.59 Å². The number of thioether (sulfide) groups is 1. The second kappa shape index (κ2) is 6.23. The third-order valence-corrected chi connectivity index (χ3v) is 4.33. The van der Waals surface area contributed by atoms with Gasteiger partial charge in [-0.15, -0.1) is 11.8 Å². The Bertz CT molecular complexity index is 735. The fraction of sp³-hybridized carbons (Fsp3) is 0.267. The number of methoxy groups -OCH3 is 1. The number of carbonyl (C=O) groups excluding carboxylic acids is 2. The van der Waals surface area contributed by atoms with Crippen molar-refractivity contribution in [3.63, 3.8) is 0 Å². The van der Waals surface area contributed by atoms with Crippen molar-refractivity contribution in [2.45, 2.75) is 0 Å². The largest absolute Gasteiger partial charge is 0.494 e. The van der Waals surface area contributed by atoms with Crippen LogP contribution in [0.3, 0.4) is 0 Å². The number of carbonyl (C=O) groups is 2. The maximum Gasteiger partial charge on any atom is 0.244 e. The van der Waals surface area contributed by atoms with Gasteiger partial charge in [0.05, 0.1) is 24.4 Å². The first kappa shape index (κ1) is 14.6. The molecule has 1 N–H and O–H groups in total. The van der Waals surface area contributed by atoms with E-state index in [2.05, 4.69) is 10.3 Å². The Labute approximate surface area is 131 Å². The number of amides is 2. The van der Waals surface area contributed by atoms with E-state index in [1.165, 1.54) is 11.8 Å². The number of anilines is 1. The molecule has 0 aliphatic carbocycles. The van der Waals surface area contributed by atoms with Gasteiger partial charge in [0.25, 0.3) is 0 Å². The molecule has 6 nitrogen and oxygen atoms in total. The molecule has 3 rings (SSSR count). The van der Waals surface area contributed by atoms with Crippen molar-refractivity contribution in [1.29, 1.82) is 0 Å². The third-order valence-electron chi connectivity index (χ3n) is 3.39. The molecule has 0 unspecified atom stereocenters. The third kappa shape index (κ3) is 2.85. The topological polar surface area (TPSA) is 71.5 Å². The number of aromatic nitrogens is 1. The summed E-state index contributed by atoms with van der Waals surface area (Å²) < 4.78 is 5.28.